The summed E-state index contributed by atoms with van der Waals surface area (Å²) in [7, 11) is 0. The van der Waals surface area contributed by atoms with E-state index in [0.29, 0.717) is 9.13 Å². The van der Waals surface area contributed by atoms with Crippen molar-refractivity contribution >= 4 is 28.7 Å². The molecular formula is C14H19F2IN2O2. The van der Waals surface area contributed by atoms with E-state index in [4.69, 9.17) is 4.74 Å². The molecule has 0 aliphatic carbocycles. The summed E-state index contributed by atoms with van der Waals surface area (Å²) >= 11 is 1.96. The molecule has 1 aromatic heterocycles. The first kappa shape index (κ1) is 18.1. The Balaban J connectivity index is 3.01. The lowest BCUT2D eigenvalue weighted by Crippen LogP contribution is -2.39. The van der Waals surface area contributed by atoms with Crippen LogP contribution < -0.4 is 0 Å². The highest BCUT2D eigenvalue weighted by atomic mass is 127. The molecule has 0 N–H and O–H groups in total. The van der Waals surface area contributed by atoms with E-state index in [1.807, 2.05) is 22.6 Å². The highest BCUT2D eigenvalue weighted by molar-refractivity contribution is 14.1. The van der Waals surface area contributed by atoms with E-state index in [0.717, 1.165) is 0 Å². The number of rotatable bonds is 4. The summed E-state index contributed by atoms with van der Waals surface area (Å²) in [6, 6.07) is 0.811. The van der Waals surface area contributed by atoms with E-state index < -0.39 is 30.4 Å². The highest BCUT2D eigenvalue weighted by Gasteiger charge is 2.27. The van der Waals surface area contributed by atoms with E-state index in [1.54, 1.807) is 27.7 Å². The Morgan fingerprint density at radius 3 is 2.62 bits per heavy atom. The minimum Gasteiger partial charge on any atom is -0.444 e. The van der Waals surface area contributed by atoms with Crippen molar-refractivity contribution in [1.82, 2.24) is 9.88 Å². The van der Waals surface area contributed by atoms with Crippen LogP contribution in [0.15, 0.2) is 12.3 Å². The number of carbonyl (C=O) groups is 1. The van der Waals surface area contributed by atoms with Crippen LogP contribution in [0.4, 0.5) is 13.6 Å². The smallest absolute Gasteiger partial charge is 0.410 e. The lowest BCUT2D eigenvalue weighted by atomic mass is 10.1. The Kier molecular flexibility index (Phi) is 6.30. The van der Waals surface area contributed by atoms with Gasteiger partial charge in [-0.1, -0.05) is 0 Å². The molecule has 1 heterocycles. The quantitative estimate of drug-likeness (QED) is 0.553. The minimum absolute atomic E-state index is 0.0937. The van der Waals surface area contributed by atoms with Gasteiger partial charge >= 0.3 is 6.09 Å². The van der Waals surface area contributed by atoms with Crippen molar-refractivity contribution in [1.29, 1.82) is 0 Å². The molecule has 1 atom stereocenters. The molecule has 0 aliphatic heterocycles. The second kappa shape index (κ2) is 7.33. The lowest BCUT2D eigenvalue weighted by Gasteiger charge is -2.31. The zero-order chi connectivity index (χ0) is 16.2. The van der Waals surface area contributed by atoms with Gasteiger partial charge in [0.15, 0.2) is 0 Å². The fraction of sp³-hybridized carbons (Fsp3) is 0.571. The number of halogens is 3. The lowest BCUT2D eigenvalue weighted by molar-refractivity contribution is 0.0160. The highest BCUT2D eigenvalue weighted by Crippen LogP contribution is 2.26. The SMILES string of the molecule is CC(c1cnc(F)cc1I)N(CCF)C(=O)OC(C)(C)C. The first-order chi connectivity index (χ1) is 9.65. The Bertz CT molecular complexity index is 506. The number of pyridine rings is 1. The number of ether oxygens (including phenoxy) is 1. The summed E-state index contributed by atoms with van der Waals surface area (Å²) in [5.41, 5.74) is -0.0177. The summed E-state index contributed by atoms with van der Waals surface area (Å²) in [4.78, 5) is 17.1. The number of alkyl halides is 1. The molecule has 0 aliphatic rings. The molecule has 1 aromatic rings. The maximum atomic E-state index is 13.1. The number of aromatic nitrogens is 1. The summed E-state index contributed by atoms with van der Waals surface area (Å²) in [5.74, 6) is -0.593. The van der Waals surface area contributed by atoms with E-state index in [1.165, 1.54) is 17.2 Å². The molecule has 0 aromatic carbocycles. The zero-order valence-corrected chi connectivity index (χ0v) is 14.6. The van der Waals surface area contributed by atoms with Crippen LogP contribution in [0.1, 0.15) is 39.3 Å². The molecular weight excluding hydrogens is 393 g/mol. The van der Waals surface area contributed by atoms with Gasteiger partial charge in [0.05, 0.1) is 12.6 Å². The van der Waals surface area contributed by atoms with Crippen LogP contribution in [-0.2, 0) is 4.74 Å². The van der Waals surface area contributed by atoms with Crippen molar-refractivity contribution in [2.45, 2.75) is 39.3 Å². The van der Waals surface area contributed by atoms with Gasteiger partial charge in [0.25, 0.3) is 0 Å². The Morgan fingerprint density at radius 1 is 1.52 bits per heavy atom. The standard InChI is InChI=1S/C14H19F2IN2O2/c1-9(10-8-18-12(16)7-11(10)17)19(6-5-15)13(20)21-14(2,3)4/h7-9H,5-6H2,1-4H3. The van der Waals surface area contributed by atoms with E-state index in [2.05, 4.69) is 4.98 Å². The van der Waals surface area contributed by atoms with Gasteiger partial charge in [-0.15, -0.1) is 0 Å². The van der Waals surface area contributed by atoms with Crippen LogP contribution in [0.5, 0.6) is 0 Å². The monoisotopic (exact) mass is 412 g/mol. The maximum absolute atomic E-state index is 13.1. The van der Waals surface area contributed by atoms with Crippen LogP contribution in [-0.4, -0.2) is 34.8 Å². The molecule has 7 heteroatoms. The third-order valence-electron chi connectivity index (χ3n) is 2.72. The molecule has 1 amide bonds. The molecule has 4 nitrogen and oxygen atoms in total. The Hall–Kier alpha value is -0.990. The predicted octanol–water partition coefficient (Wildman–Crippen LogP) is 4.09. The van der Waals surface area contributed by atoms with Crippen molar-refractivity contribution in [3.8, 4) is 0 Å². The summed E-state index contributed by atoms with van der Waals surface area (Å²) in [6.45, 7) is 6.18. The molecule has 118 valence electrons. The molecule has 0 radical (unpaired) electrons. The van der Waals surface area contributed by atoms with Crippen molar-refractivity contribution in [2.75, 3.05) is 13.2 Å². The van der Waals surface area contributed by atoms with Gasteiger partial charge in [0.1, 0.15) is 12.3 Å². The third-order valence-corrected chi connectivity index (χ3v) is 3.65. The van der Waals surface area contributed by atoms with Crippen LogP contribution >= 0.6 is 22.6 Å². The molecule has 1 unspecified atom stereocenters. The fourth-order valence-electron chi connectivity index (χ4n) is 1.75. The van der Waals surface area contributed by atoms with Crippen molar-refractivity contribution in [2.24, 2.45) is 0 Å². The van der Waals surface area contributed by atoms with Crippen LogP contribution in [0.2, 0.25) is 0 Å². The van der Waals surface area contributed by atoms with Gasteiger partial charge in [-0.3, -0.25) is 4.90 Å². The maximum Gasteiger partial charge on any atom is 0.410 e. The Morgan fingerprint density at radius 2 is 2.14 bits per heavy atom. The number of hydrogen-bond acceptors (Lipinski definition) is 3. The minimum atomic E-state index is -0.686. The fourth-order valence-corrected chi connectivity index (χ4v) is 2.59. The molecule has 0 fully saturated rings. The van der Waals surface area contributed by atoms with E-state index in [-0.39, 0.29) is 6.54 Å². The van der Waals surface area contributed by atoms with Gasteiger partial charge in [-0.2, -0.15) is 4.39 Å². The van der Waals surface area contributed by atoms with Crippen LogP contribution in [0, 0.1) is 9.52 Å². The Labute approximate surface area is 137 Å². The van der Waals surface area contributed by atoms with E-state index in [9.17, 15) is 13.6 Å². The van der Waals surface area contributed by atoms with Crippen molar-refractivity contribution in [3.63, 3.8) is 0 Å². The first-order valence-corrected chi connectivity index (χ1v) is 7.60. The second-order valence-corrected chi connectivity index (χ2v) is 6.73. The van der Waals surface area contributed by atoms with Gasteiger partial charge in [0.2, 0.25) is 5.95 Å². The molecule has 1 rings (SSSR count). The predicted molar refractivity (Wildman–Crippen MR) is 84.2 cm³/mol. The second-order valence-electron chi connectivity index (χ2n) is 5.57. The van der Waals surface area contributed by atoms with Crippen molar-refractivity contribution < 1.29 is 18.3 Å². The molecule has 0 bridgehead atoms. The van der Waals surface area contributed by atoms with Crippen LogP contribution in [0.3, 0.4) is 0 Å². The molecule has 21 heavy (non-hydrogen) atoms. The van der Waals surface area contributed by atoms with Crippen molar-refractivity contribution in [3.05, 3.63) is 27.3 Å². The van der Waals surface area contributed by atoms with E-state index >= 15 is 0 Å². The molecule has 0 saturated heterocycles. The average Bonchev–Trinajstić information content (AvgIpc) is 2.33. The number of amides is 1. The summed E-state index contributed by atoms with van der Waals surface area (Å²) < 4.78 is 31.7. The number of carbonyl (C=O) groups excluding carboxylic acids is 1. The van der Waals surface area contributed by atoms with Gasteiger partial charge < -0.3 is 4.74 Å². The molecule has 0 spiro atoms. The van der Waals surface area contributed by atoms with Gasteiger partial charge in [-0.25, -0.2) is 14.2 Å². The summed E-state index contributed by atoms with van der Waals surface area (Å²) in [6.07, 6.45) is 0.755. The largest absolute Gasteiger partial charge is 0.444 e. The average molecular weight is 412 g/mol. The summed E-state index contributed by atoms with van der Waals surface area (Å²) in [5, 5.41) is 0. The zero-order valence-electron chi connectivity index (χ0n) is 12.5. The number of hydrogen-bond donors (Lipinski definition) is 0. The topological polar surface area (TPSA) is 42.4 Å². The number of nitrogens with zero attached hydrogens (tertiary/aromatic N) is 2. The van der Waals surface area contributed by atoms with Crippen LogP contribution in [0.25, 0.3) is 0 Å². The normalized spacial score (nSPS) is 12.9. The van der Waals surface area contributed by atoms with Gasteiger partial charge in [-0.05, 0) is 50.3 Å². The third kappa shape index (κ3) is 5.37. The molecule has 0 saturated carbocycles. The van der Waals surface area contributed by atoms with Gasteiger partial charge in [0, 0.05) is 21.4 Å². The first-order valence-electron chi connectivity index (χ1n) is 6.52.